The fraction of sp³-hybridized carbons (Fsp3) is 0.286. The average molecular weight is 428 g/mol. The fourth-order valence-corrected chi connectivity index (χ4v) is 3.22. The second kappa shape index (κ2) is 9.24. The summed E-state index contributed by atoms with van der Waals surface area (Å²) in [7, 11) is 2.84. The average Bonchev–Trinajstić information content (AvgIpc) is 3.18. The van der Waals surface area contributed by atoms with Crippen molar-refractivity contribution >= 4 is 29.0 Å². The zero-order chi connectivity index (χ0) is 22.5. The summed E-state index contributed by atoms with van der Waals surface area (Å²) < 4.78 is 15.3. The third kappa shape index (κ3) is 4.80. The van der Waals surface area contributed by atoms with Gasteiger partial charge in [-0.15, -0.1) is 0 Å². The number of non-ortho nitro benzene ring substituents is 1. The van der Waals surface area contributed by atoms with Gasteiger partial charge in [0.1, 0.15) is 11.5 Å². The highest BCUT2D eigenvalue weighted by molar-refractivity contribution is 6.01. The van der Waals surface area contributed by atoms with Crippen LogP contribution in [-0.4, -0.2) is 50.0 Å². The Morgan fingerprint density at radius 2 is 1.84 bits per heavy atom. The van der Waals surface area contributed by atoms with Crippen LogP contribution in [0.1, 0.15) is 16.8 Å². The molecule has 0 bridgehead atoms. The van der Waals surface area contributed by atoms with E-state index in [0.29, 0.717) is 17.0 Å². The van der Waals surface area contributed by atoms with E-state index in [4.69, 9.17) is 14.2 Å². The van der Waals surface area contributed by atoms with Gasteiger partial charge in [-0.3, -0.25) is 24.5 Å². The Morgan fingerprint density at radius 3 is 2.45 bits per heavy atom. The van der Waals surface area contributed by atoms with Crippen molar-refractivity contribution < 1.29 is 33.5 Å². The summed E-state index contributed by atoms with van der Waals surface area (Å²) in [5.74, 6) is -1.43. The molecule has 2 aromatic carbocycles. The molecule has 0 aliphatic carbocycles. The van der Waals surface area contributed by atoms with E-state index >= 15 is 0 Å². The van der Waals surface area contributed by atoms with Crippen LogP contribution in [0.3, 0.4) is 0 Å². The van der Waals surface area contributed by atoms with Gasteiger partial charge in [0.2, 0.25) is 5.91 Å². The molecular formula is C21H20N2O8. The maximum atomic E-state index is 12.4. The van der Waals surface area contributed by atoms with Gasteiger partial charge in [0, 0.05) is 24.6 Å². The van der Waals surface area contributed by atoms with E-state index in [-0.39, 0.29) is 36.1 Å². The van der Waals surface area contributed by atoms with E-state index in [1.807, 2.05) is 0 Å². The number of nitro groups is 1. The number of hydrogen-bond donors (Lipinski definition) is 0. The van der Waals surface area contributed by atoms with Crippen LogP contribution in [0.5, 0.6) is 11.5 Å². The third-order valence-electron chi connectivity index (χ3n) is 4.88. The highest BCUT2D eigenvalue weighted by Gasteiger charge is 2.37. The Labute approximate surface area is 177 Å². The van der Waals surface area contributed by atoms with E-state index in [0.717, 1.165) is 0 Å². The number of amides is 1. The lowest BCUT2D eigenvalue weighted by molar-refractivity contribution is -0.384. The molecule has 10 heteroatoms. The number of esters is 1. The Bertz CT molecular complexity index is 1020. The third-order valence-corrected chi connectivity index (χ3v) is 4.88. The number of nitro benzene ring substituents is 1. The molecule has 3 rings (SSSR count). The van der Waals surface area contributed by atoms with Crippen molar-refractivity contribution in [2.75, 3.05) is 32.3 Å². The predicted molar refractivity (Wildman–Crippen MR) is 108 cm³/mol. The molecule has 162 valence electrons. The molecule has 0 N–H and O–H groups in total. The number of benzene rings is 2. The summed E-state index contributed by atoms with van der Waals surface area (Å²) >= 11 is 0. The Balaban J connectivity index is 1.63. The standard InChI is InChI=1S/C21H20N2O8/c1-29-16-6-3-13(4-7-16)18(24)12-31-21(26)14-9-20(25)22(11-14)17-8-5-15(23(27)28)10-19(17)30-2/h3-8,10,14H,9,11-12H2,1-2H3/t14-/m0/s1. The topological polar surface area (TPSA) is 125 Å². The zero-order valence-electron chi connectivity index (χ0n) is 16.9. The van der Waals surface area contributed by atoms with Crippen LogP contribution in [0, 0.1) is 16.0 Å². The van der Waals surface area contributed by atoms with Crippen molar-refractivity contribution in [1.29, 1.82) is 0 Å². The first-order valence-corrected chi connectivity index (χ1v) is 9.30. The van der Waals surface area contributed by atoms with Crippen molar-refractivity contribution in [3.05, 3.63) is 58.1 Å². The van der Waals surface area contributed by atoms with Crippen LogP contribution in [-0.2, 0) is 14.3 Å². The van der Waals surface area contributed by atoms with Gasteiger partial charge in [-0.05, 0) is 30.3 Å². The molecule has 0 saturated carbocycles. The van der Waals surface area contributed by atoms with Crippen LogP contribution >= 0.6 is 0 Å². The molecule has 1 heterocycles. The lowest BCUT2D eigenvalue weighted by atomic mass is 10.1. The molecule has 2 aromatic rings. The molecule has 1 atom stereocenters. The highest BCUT2D eigenvalue weighted by atomic mass is 16.6. The van der Waals surface area contributed by atoms with E-state index in [1.165, 1.54) is 37.3 Å². The number of methoxy groups -OCH3 is 2. The second-order valence-corrected chi connectivity index (χ2v) is 6.78. The number of ether oxygens (including phenoxy) is 3. The number of nitrogens with zero attached hydrogens (tertiary/aromatic N) is 2. The number of ketones is 1. The highest BCUT2D eigenvalue weighted by Crippen LogP contribution is 2.36. The number of rotatable bonds is 8. The maximum absolute atomic E-state index is 12.4. The van der Waals surface area contributed by atoms with Gasteiger partial charge in [0.15, 0.2) is 12.4 Å². The van der Waals surface area contributed by atoms with Crippen molar-refractivity contribution in [3.63, 3.8) is 0 Å². The van der Waals surface area contributed by atoms with E-state index < -0.39 is 23.4 Å². The zero-order valence-corrected chi connectivity index (χ0v) is 16.9. The largest absolute Gasteiger partial charge is 0.497 e. The first-order valence-electron chi connectivity index (χ1n) is 9.30. The maximum Gasteiger partial charge on any atom is 0.311 e. The molecule has 0 spiro atoms. The first-order chi connectivity index (χ1) is 14.8. The quantitative estimate of drug-likeness (QED) is 0.272. The van der Waals surface area contributed by atoms with Gasteiger partial charge in [-0.25, -0.2) is 0 Å². The molecule has 1 fully saturated rings. The van der Waals surface area contributed by atoms with Crippen molar-refractivity contribution in [2.45, 2.75) is 6.42 Å². The number of carbonyl (C=O) groups is 3. The molecule has 1 aliphatic heterocycles. The van der Waals surface area contributed by atoms with Crippen LogP contribution in [0.25, 0.3) is 0 Å². The normalized spacial score (nSPS) is 15.5. The van der Waals surface area contributed by atoms with Gasteiger partial charge in [0.05, 0.1) is 36.8 Å². The van der Waals surface area contributed by atoms with Gasteiger partial charge < -0.3 is 19.1 Å². The summed E-state index contributed by atoms with van der Waals surface area (Å²) in [5.41, 5.74) is 0.510. The summed E-state index contributed by atoms with van der Waals surface area (Å²) in [5, 5.41) is 10.9. The van der Waals surface area contributed by atoms with Crippen LogP contribution < -0.4 is 14.4 Å². The van der Waals surface area contributed by atoms with E-state index in [9.17, 15) is 24.5 Å². The molecule has 0 radical (unpaired) electrons. The fourth-order valence-electron chi connectivity index (χ4n) is 3.22. The Hall–Kier alpha value is -3.95. The van der Waals surface area contributed by atoms with Gasteiger partial charge in [-0.2, -0.15) is 0 Å². The van der Waals surface area contributed by atoms with Crippen molar-refractivity contribution in [1.82, 2.24) is 0 Å². The Morgan fingerprint density at radius 1 is 1.13 bits per heavy atom. The number of Topliss-reactive ketones (excluding diaryl/α,β-unsaturated/α-hetero) is 1. The smallest absolute Gasteiger partial charge is 0.311 e. The number of anilines is 1. The summed E-state index contributed by atoms with van der Waals surface area (Å²) in [6, 6.07) is 10.2. The van der Waals surface area contributed by atoms with E-state index in [2.05, 4.69) is 0 Å². The van der Waals surface area contributed by atoms with Crippen LogP contribution in [0.2, 0.25) is 0 Å². The van der Waals surface area contributed by atoms with Gasteiger partial charge >= 0.3 is 5.97 Å². The molecule has 1 amide bonds. The summed E-state index contributed by atoms with van der Waals surface area (Å²) in [6.07, 6.45) is -0.101. The molecule has 1 saturated heterocycles. The molecule has 0 unspecified atom stereocenters. The molecule has 31 heavy (non-hydrogen) atoms. The van der Waals surface area contributed by atoms with E-state index in [1.54, 1.807) is 24.3 Å². The predicted octanol–water partition coefficient (Wildman–Crippen LogP) is 2.39. The van der Waals surface area contributed by atoms with Crippen LogP contribution in [0.4, 0.5) is 11.4 Å². The lowest BCUT2D eigenvalue weighted by Gasteiger charge is -2.19. The molecular weight excluding hydrogens is 408 g/mol. The second-order valence-electron chi connectivity index (χ2n) is 6.78. The first kappa shape index (κ1) is 21.8. The monoisotopic (exact) mass is 428 g/mol. The number of hydrogen-bond acceptors (Lipinski definition) is 8. The molecule has 0 aromatic heterocycles. The molecule has 1 aliphatic rings. The minimum absolute atomic E-state index is 0.0164. The SMILES string of the molecule is COc1ccc(C(=O)COC(=O)[C@H]2CC(=O)N(c3ccc([N+](=O)[O-])cc3OC)C2)cc1. The molecule has 10 nitrogen and oxygen atoms in total. The summed E-state index contributed by atoms with van der Waals surface area (Å²) in [4.78, 5) is 48.8. The van der Waals surface area contributed by atoms with Gasteiger partial charge in [0.25, 0.3) is 5.69 Å². The van der Waals surface area contributed by atoms with Crippen molar-refractivity contribution in [2.24, 2.45) is 5.92 Å². The summed E-state index contributed by atoms with van der Waals surface area (Å²) in [6.45, 7) is -0.431. The number of carbonyl (C=O) groups excluding carboxylic acids is 3. The minimum atomic E-state index is -0.768. The van der Waals surface area contributed by atoms with Crippen molar-refractivity contribution in [3.8, 4) is 11.5 Å². The van der Waals surface area contributed by atoms with Gasteiger partial charge in [-0.1, -0.05) is 0 Å². The lowest BCUT2D eigenvalue weighted by Crippen LogP contribution is -2.27. The Kier molecular flexibility index (Phi) is 6.49. The minimum Gasteiger partial charge on any atom is -0.497 e. The van der Waals surface area contributed by atoms with Crippen LogP contribution in [0.15, 0.2) is 42.5 Å².